The summed E-state index contributed by atoms with van der Waals surface area (Å²) in [5.74, 6) is -0.629. The zero-order valence-corrected chi connectivity index (χ0v) is 11.1. The smallest absolute Gasteiger partial charge is 0.269 e. The lowest BCUT2D eigenvalue weighted by atomic mass is 10.2. The van der Waals surface area contributed by atoms with E-state index in [1.165, 1.54) is 23.2 Å². The van der Waals surface area contributed by atoms with Crippen LogP contribution in [0.2, 0.25) is 0 Å². The van der Waals surface area contributed by atoms with Gasteiger partial charge in [0.25, 0.3) is 5.91 Å². The van der Waals surface area contributed by atoms with Gasteiger partial charge in [-0.3, -0.25) is 15.2 Å². The van der Waals surface area contributed by atoms with Crippen LogP contribution < -0.4 is 11.2 Å². The summed E-state index contributed by atoms with van der Waals surface area (Å²) in [5.41, 5.74) is 8.28. The van der Waals surface area contributed by atoms with Gasteiger partial charge >= 0.3 is 0 Å². The first-order chi connectivity index (χ1) is 8.40. The Morgan fingerprint density at radius 1 is 1.56 bits per heavy atom. The summed E-state index contributed by atoms with van der Waals surface area (Å²) in [4.78, 5) is 11.9. The lowest BCUT2D eigenvalue weighted by Gasteiger charge is -2.25. The molecular weight excluding hydrogens is 253 g/mol. The van der Waals surface area contributed by atoms with Crippen LogP contribution >= 0.6 is 12.2 Å². The second-order valence-electron chi connectivity index (χ2n) is 4.29. The average Bonchev–Trinajstić information content (AvgIpc) is 2.27. The van der Waals surface area contributed by atoms with Gasteiger partial charge in [-0.15, -0.1) is 0 Å². The number of rotatable bonds is 3. The molecule has 0 heterocycles. The number of carbonyl (C=O) groups excluding carboxylic acids is 1. The molecule has 1 amide bonds. The number of nitrogens with zero attached hydrogens (tertiary/aromatic N) is 1. The first-order valence-electron chi connectivity index (χ1n) is 5.53. The van der Waals surface area contributed by atoms with Crippen LogP contribution in [-0.2, 0) is 0 Å². The molecule has 98 valence electrons. The number of thiocarbonyl (C=S) groups is 1. The Bertz CT molecular complexity index is 451. The minimum absolute atomic E-state index is 0.0773. The highest BCUT2D eigenvalue weighted by molar-refractivity contribution is 7.80. The van der Waals surface area contributed by atoms with E-state index >= 15 is 0 Å². The van der Waals surface area contributed by atoms with Crippen molar-refractivity contribution in [1.82, 2.24) is 10.4 Å². The minimum Gasteiger partial charge on any atom is -0.375 e. The molecule has 0 aromatic heterocycles. The third-order valence-corrected chi connectivity index (χ3v) is 2.36. The van der Waals surface area contributed by atoms with Gasteiger partial charge in [0, 0.05) is 12.1 Å². The van der Waals surface area contributed by atoms with Gasteiger partial charge in [0.2, 0.25) is 0 Å². The van der Waals surface area contributed by atoms with Crippen LogP contribution in [0, 0.1) is 11.7 Å². The predicted octanol–water partition coefficient (Wildman–Crippen LogP) is 1.67. The van der Waals surface area contributed by atoms with E-state index in [9.17, 15) is 9.18 Å². The molecule has 0 atom stereocenters. The van der Waals surface area contributed by atoms with Crippen LogP contribution in [0.5, 0.6) is 0 Å². The number of nitrogens with two attached hydrogens (primary N) is 1. The molecule has 0 radical (unpaired) electrons. The molecule has 6 heteroatoms. The number of nitrogens with one attached hydrogen (secondary N) is 1. The van der Waals surface area contributed by atoms with E-state index in [-0.39, 0.29) is 16.6 Å². The van der Waals surface area contributed by atoms with E-state index in [0.29, 0.717) is 6.54 Å². The molecule has 3 N–H and O–H groups in total. The topological polar surface area (TPSA) is 58.4 Å². The van der Waals surface area contributed by atoms with E-state index in [4.69, 9.17) is 18.0 Å². The van der Waals surface area contributed by atoms with Gasteiger partial charge in [0.05, 0.1) is 0 Å². The number of hydrogen-bond acceptors (Lipinski definition) is 2. The van der Waals surface area contributed by atoms with Crippen LogP contribution in [0.1, 0.15) is 24.2 Å². The molecule has 0 aliphatic carbocycles. The van der Waals surface area contributed by atoms with E-state index in [2.05, 4.69) is 5.43 Å². The van der Waals surface area contributed by atoms with Crippen molar-refractivity contribution in [2.24, 2.45) is 11.7 Å². The van der Waals surface area contributed by atoms with Crippen LogP contribution in [0.25, 0.3) is 0 Å². The second kappa shape index (κ2) is 6.30. The van der Waals surface area contributed by atoms with Crippen molar-refractivity contribution in [3.63, 3.8) is 0 Å². The third kappa shape index (κ3) is 4.29. The molecule has 0 unspecified atom stereocenters. The molecule has 0 saturated heterocycles. The summed E-state index contributed by atoms with van der Waals surface area (Å²) in [6.45, 7) is 4.44. The van der Waals surface area contributed by atoms with Crippen molar-refractivity contribution in [2.45, 2.75) is 13.8 Å². The Hall–Kier alpha value is -1.69. The number of carbonyl (C=O) groups is 1. The zero-order chi connectivity index (χ0) is 13.7. The predicted molar refractivity (Wildman–Crippen MR) is 72.2 cm³/mol. The van der Waals surface area contributed by atoms with Crippen molar-refractivity contribution in [3.8, 4) is 0 Å². The molecule has 1 aromatic carbocycles. The fourth-order valence-corrected chi connectivity index (χ4v) is 1.49. The summed E-state index contributed by atoms with van der Waals surface area (Å²) in [6.07, 6.45) is 0. The lowest BCUT2D eigenvalue weighted by Crippen LogP contribution is -2.50. The van der Waals surface area contributed by atoms with Crippen molar-refractivity contribution < 1.29 is 9.18 Å². The van der Waals surface area contributed by atoms with Crippen LogP contribution in [-0.4, -0.2) is 22.6 Å². The van der Waals surface area contributed by atoms with Crippen LogP contribution in [0.4, 0.5) is 4.39 Å². The van der Waals surface area contributed by atoms with Gasteiger partial charge < -0.3 is 5.73 Å². The maximum Gasteiger partial charge on any atom is 0.269 e. The number of hydrazine groups is 1. The molecule has 18 heavy (non-hydrogen) atoms. The summed E-state index contributed by atoms with van der Waals surface area (Å²) >= 11 is 4.84. The molecule has 0 fully saturated rings. The van der Waals surface area contributed by atoms with Gasteiger partial charge in [-0.25, -0.2) is 4.39 Å². The van der Waals surface area contributed by atoms with Crippen LogP contribution in [0.3, 0.4) is 0 Å². The van der Waals surface area contributed by atoms with E-state index < -0.39 is 11.7 Å². The highest BCUT2D eigenvalue weighted by Gasteiger charge is 2.13. The van der Waals surface area contributed by atoms with Crippen molar-refractivity contribution in [3.05, 3.63) is 35.6 Å². The average molecular weight is 269 g/mol. The maximum absolute atomic E-state index is 13.0. The maximum atomic E-state index is 13.0. The Morgan fingerprint density at radius 2 is 2.22 bits per heavy atom. The molecule has 4 nitrogen and oxygen atoms in total. The van der Waals surface area contributed by atoms with Gasteiger partial charge in [-0.2, -0.15) is 0 Å². The minimum atomic E-state index is -0.464. The largest absolute Gasteiger partial charge is 0.375 e. The number of amides is 1. The monoisotopic (exact) mass is 269 g/mol. The number of benzene rings is 1. The van der Waals surface area contributed by atoms with Crippen LogP contribution in [0.15, 0.2) is 24.3 Å². The fourth-order valence-electron chi connectivity index (χ4n) is 1.37. The quantitative estimate of drug-likeness (QED) is 0.647. The Labute approximate surface area is 111 Å². The second-order valence-corrected chi connectivity index (χ2v) is 4.71. The molecule has 0 spiro atoms. The Morgan fingerprint density at radius 3 is 2.72 bits per heavy atom. The number of halogens is 1. The van der Waals surface area contributed by atoms with Gasteiger partial charge in [0.1, 0.15) is 5.82 Å². The molecular formula is C12H16FN3OS. The number of hydrogen-bond donors (Lipinski definition) is 2. The van der Waals surface area contributed by atoms with E-state index in [0.717, 1.165) is 6.07 Å². The van der Waals surface area contributed by atoms with Gasteiger partial charge in [0.15, 0.2) is 5.11 Å². The highest BCUT2D eigenvalue weighted by Crippen LogP contribution is 2.04. The molecule has 0 aliphatic heterocycles. The van der Waals surface area contributed by atoms with Crippen molar-refractivity contribution in [1.29, 1.82) is 0 Å². The summed E-state index contributed by atoms with van der Waals surface area (Å²) < 4.78 is 13.0. The lowest BCUT2D eigenvalue weighted by molar-refractivity contribution is 0.0862. The van der Waals surface area contributed by atoms with E-state index in [1.807, 2.05) is 13.8 Å². The van der Waals surface area contributed by atoms with Crippen molar-refractivity contribution >= 4 is 23.2 Å². The van der Waals surface area contributed by atoms with Crippen molar-refractivity contribution in [2.75, 3.05) is 6.54 Å². The summed E-state index contributed by atoms with van der Waals surface area (Å²) in [5, 5.41) is 1.46. The summed E-state index contributed by atoms with van der Waals surface area (Å²) in [6, 6.07) is 5.42. The third-order valence-electron chi connectivity index (χ3n) is 2.14. The van der Waals surface area contributed by atoms with Gasteiger partial charge in [-0.1, -0.05) is 19.9 Å². The molecule has 0 aliphatic rings. The Balaban J connectivity index is 2.75. The highest BCUT2D eigenvalue weighted by atomic mass is 32.1. The molecule has 1 aromatic rings. The standard InChI is InChI=1S/C12H16FN3OS/c1-8(2)7-16(12(14)18)15-11(17)9-4-3-5-10(13)6-9/h3-6,8H,7H2,1-2H3,(H2,14,18)(H,15,17). The molecule has 1 rings (SSSR count). The molecule has 0 saturated carbocycles. The first-order valence-corrected chi connectivity index (χ1v) is 5.94. The fraction of sp³-hybridized carbons (Fsp3) is 0.333. The van der Waals surface area contributed by atoms with Gasteiger partial charge in [-0.05, 0) is 36.3 Å². The first kappa shape index (κ1) is 14.4. The molecule has 0 bridgehead atoms. The summed E-state index contributed by atoms with van der Waals surface area (Å²) in [7, 11) is 0. The zero-order valence-electron chi connectivity index (χ0n) is 10.3. The Kier molecular flexibility index (Phi) is 5.03. The normalized spacial score (nSPS) is 10.2. The SMILES string of the molecule is CC(C)CN(NC(=O)c1cccc(F)c1)C(N)=S. The van der Waals surface area contributed by atoms with E-state index in [1.54, 1.807) is 0 Å².